The number of piperidine rings is 1. The highest BCUT2D eigenvalue weighted by Crippen LogP contribution is 2.26. The number of para-hydroxylation sites is 1. The minimum absolute atomic E-state index is 0.144. The maximum Gasteiger partial charge on any atom is 0.237 e. The third kappa shape index (κ3) is 3.43. The van der Waals surface area contributed by atoms with Gasteiger partial charge in [-0.15, -0.1) is 0 Å². The molecule has 3 rings (SSSR count). The highest BCUT2D eigenvalue weighted by molar-refractivity contribution is 5.79. The van der Waals surface area contributed by atoms with E-state index in [1.54, 1.807) is 0 Å². The van der Waals surface area contributed by atoms with E-state index in [1.165, 1.54) is 19.3 Å². The minimum Gasteiger partial charge on any atom is -0.486 e. The molecule has 1 aromatic carbocycles. The molecule has 2 heterocycles. The maximum atomic E-state index is 12.3. The van der Waals surface area contributed by atoms with Gasteiger partial charge in [-0.05, 0) is 50.9 Å². The Morgan fingerprint density at radius 3 is 2.41 bits per heavy atom. The van der Waals surface area contributed by atoms with Crippen molar-refractivity contribution in [1.82, 2.24) is 9.80 Å². The molecule has 0 aliphatic carbocycles. The third-order valence-corrected chi connectivity index (χ3v) is 4.70. The molecule has 0 saturated carbocycles. The first-order valence-electron chi connectivity index (χ1n) is 8.36. The number of rotatable bonds is 4. The Bertz CT molecular complexity index is 512. The first kappa shape index (κ1) is 15.3. The highest BCUT2D eigenvalue weighted by Gasteiger charge is 2.33. The maximum absolute atomic E-state index is 12.3. The third-order valence-electron chi connectivity index (χ3n) is 4.70. The summed E-state index contributed by atoms with van der Waals surface area (Å²) >= 11 is 0. The Morgan fingerprint density at radius 2 is 1.77 bits per heavy atom. The van der Waals surface area contributed by atoms with E-state index in [0.29, 0.717) is 6.54 Å². The fraction of sp³-hybridized carbons (Fsp3) is 0.611. The van der Waals surface area contributed by atoms with Gasteiger partial charge in [0.25, 0.3) is 0 Å². The lowest BCUT2D eigenvalue weighted by molar-refractivity contribution is -0.141. The van der Waals surface area contributed by atoms with E-state index in [2.05, 4.69) is 30.9 Å². The molecule has 4 heteroatoms. The number of carbonyl (C=O) groups is 1. The molecule has 0 aromatic heterocycles. The number of carbonyl (C=O) groups excluding carboxylic acids is 1. The van der Waals surface area contributed by atoms with Crippen molar-refractivity contribution in [2.45, 2.75) is 39.2 Å². The lowest BCUT2D eigenvalue weighted by Crippen LogP contribution is -2.58. The summed E-state index contributed by atoms with van der Waals surface area (Å²) in [7, 11) is 0. The fourth-order valence-electron chi connectivity index (χ4n) is 3.28. The van der Waals surface area contributed by atoms with Crippen molar-refractivity contribution in [2.75, 3.05) is 32.7 Å². The molecular weight excluding hydrogens is 276 g/mol. The Hall–Kier alpha value is -1.55. The molecule has 0 spiro atoms. The van der Waals surface area contributed by atoms with Gasteiger partial charge in [0.05, 0.1) is 19.6 Å². The zero-order valence-corrected chi connectivity index (χ0v) is 13.7. The molecule has 1 amide bonds. The molecule has 4 nitrogen and oxygen atoms in total. The number of nitrogens with zero attached hydrogens (tertiary/aromatic N) is 2. The molecule has 2 saturated heterocycles. The number of hydrogen-bond acceptors (Lipinski definition) is 3. The first-order chi connectivity index (χ1) is 10.6. The summed E-state index contributed by atoms with van der Waals surface area (Å²) in [6.07, 6.45) is 3.90. The lowest BCUT2D eigenvalue weighted by atomic mass is 10.1. The Balaban J connectivity index is 1.46. The summed E-state index contributed by atoms with van der Waals surface area (Å²) in [5, 5.41) is 0. The summed E-state index contributed by atoms with van der Waals surface area (Å²) < 4.78 is 6.07. The van der Waals surface area contributed by atoms with Crippen LogP contribution in [0.4, 0.5) is 0 Å². The van der Waals surface area contributed by atoms with E-state index in [-0.39, 0.29) is 12.0 Å². The molecule has 0 N–H and O–H groups in total. The predicted octanol–water partition coefficient (Wildman–Crippen LogP) is 2.38. The van der Waals surface area contributed by atoms with Crippen LogP contribution in [0.2, 0.25) is 0 Å². The Labute approximate surface area is 133 Å². The fourth-order valence-corrected chi connectivity index (χ4v) is 3.28. The van der Waals surface area contributed by atoms with E-state index in [1.807, 2.05) is 11.0 Å². The average molecular weight is 302 g/mol. The van der Waals surface area contributed by atoms with E-state index in [9.17, 15) is 4.79 Å². The van der Waals surface area contributed by atoms with Crippen LogP contribution in [0.3, 0.4) is 0 Å². The van der Waals surface area contributed by atoms with Crippen LogP contribution in [-0.2, 0) is 4.79 Å². The van der Waals surface area contributed by atoms with Gasteiger partial charge < -0.3 is 9.64 Å². The van der Waals surface area contributed by atoms with Crippen LogP contribution in [0.5, 0.6) is 5.75 Å². The van der Waals surface area contributed by atoms with Gasteiger partial charge in [-0.3, -0.25) is 9.69 Å². The van der Waals surface area contributed by atoms with Crippen LogP contribution in [0.1, 0.15) is 30.4 Å². The zero-order chi connectivity index (χ0) is 15.5. The monoisotopic (exact) mass is 302 g/mol. The number of hydrogen-bond donors (Lipinski definition) is 0. The Kier molecular flexibility index (Phi) is 4.67. The summed E-state index contributed by atoms with van der Waals surface area (Å²) in [6, 6.07) is 6.19. The van der Waals surface area contributed by atoms with Gasteiger partial charge in [0.15, 0.2) is 0 Å². The molecule has 2 aliphatic rings. The number of aryl methyl sites for hydroxylation is 2. The van der Waals surface area contributed by atoms with Crippen molar-refractivity contribution >= 4 is 5.91 Å². The Morgan fingerprint density at radius 1 is 1.14 bits per heavy atom. The van der Waals surface area contributed by atoms with Gasteiger partial charge >= 0.3 is 0 Å². The molecule has 0 radical (unpaired) electrons. The smallest absolute Gasteiger partial charge is 0.237 e. The predicted molar refractivity (Wildman–Crippen MR) is 87.2 cm³/mol. The largest absolute Gasteiger partial charge is 0.486 e. The number of ether oxygens (including phenoxy) is 1. The van der Waals surface area contributed by atoms with Crippen molar-refractivity contribution < 1.29 is 9.53 Å². The van der Waals surface area contributed by atoms with Crippen LogP contribution in [0.15, 0.2) is 18.2 Å². The summed E-state index contributed by atoms with van der Waals surface area (Å²) in [4.78, 5) is 16.5. The van der Waals surface area contributed by atoms with Crippen molar-refractivity contribution in [3.63, 3.8) is 0 Å². The normalized spacial score (nSPS) is 19.8. The van der Waals surface area contributed by atoms with E-state index >= 15 is 0 Å². The van der Waals surface area contributed by atoms with Crippen LogP contribution < -0.4 is 4.74 Å². The van der Waals surface area contributed by atoms with Crippen LogP contribution in [0.25, 0.3) is 0 Å². The highest BCUT2D eigenvalue weighted by atomic mass is 16.5. The molecule has 2 fully saturated rings. The molecule has 0 unspecified atom stereocenters. The number of likely N-dealkylation sites (tertiary alicyclic amines) is 2. The van der Waals surface area contributed by atoms with E-state index in [0.717, 1.165) is 43.1 Å². The van der Waals surface area contributed by atoms with Crippen molar-refractivity contribution in [3.05, 3.63) is 29.3 Å². The second-order valence-electron chi connectivity index (χ2n) is 6.60. The standard InChI is InChI=1S/C18H26N2O2/c1-14-7-6-8-15(2)18(14)22-16-11-20(12-16)17(21)13-19-9-4-3-5-10-19/h6-8,16H,3-5,9-13H2,1-2H3. The number of amides is 1. The topological polar surface area (TPSA) is 32.8 Å². The molecule has 120 valence electrons. The van der Waals surface area contributed by atoms with Gasteiger partial charge in [-0.2, -0.15) is 0 Å². The summed E-state index contributed by atoms with van der Waals surface area (Å²) in [6.45, 7) is 8.31. The zero-order valence-electron chi connectivity index (χ0n) is 13.7. The van der Waals surface area contributed by atoms with Crippen molar-refractivity contribution in [1.29, 1.82) is 0 Å². The first-order valence-corrected chi connectivity index (χ1v) is 8.36. The van der Waals surface area contributed by atoms with Gasteiger partial charge in [0.2, 0.25) is 5.91 Å². The molecule has 0 atom stereocenters. The van der Waals surface area contributed by atoms with Gasteiger partial charge in [0.1, 0.15) is 11.9 Å². The van der Waals surface area contributed by atoms with Gasteiger partial charge in [-0.25, -0.2) is 0 Å². The average Bonchev–Trinajstić information content (AvgIpc) is 2.45. The molecular formula is C18H26N2O2. The van der Waals surface area contributed by atoms with Crippen LogP contribution >= 0.6 is 0 Å². The minimum atomic E-state index is 0.144. The summed E-state index contributed by atoms with van der Waals surface area (Å²) in [5.74, 6) is 1.24. The second-order valence-corrected chi connectivity index (χ2v) is 6.60. The molecule has 1 aromatic rings. The molecule has 0 bridgehead atoms. The van der Waals surface area contributed by atoms with E-state index in [4.69, 9.17) is 4.74 Å². The van der Waals surface area contributed by atoms with Gasteiger partial charge in [-0.1, -0.05) is 24.6 Å². The molecule has 22 heavy (non-hydrogen) atoms. The van der Waals surface area contributed by atoms with E-state index < -0.39 is 0 Å². The number of benzene rings is 1. The van der Waals surface area contributed by atoms with Crippen LogP contribution in [-0.4, -0.2) is 54.5 Å². The quantitative estimate of drug-likeness (QED) is 0.856. The SMILES string of the molecule is Cc1cccc(C)c1OC1CN(C(=O)CN2CCCCC2)C1. The van der Waals surface area contributed by atoms with Gasteiger partial charge in [0, 0.05) is 0 Å². The summed E-state index contributed by atoms with van der Waals surface area (Å²) in [5.41, 5.74) is 2.33. The second kappa shape index (κ2) is 6.69. The van der Waals surface area contributed by atoms with Crippen molar-refractivity contribution in [2.24, 2.45) is 0 Å². The van der Waals surface area contributed by atoms with Crippen molar-refractivity contribution in [3.8, 4) is 5.75 Å². The lowest BCUT2D eigenvalue weighted by Gasteiger charge is -2.40. The van der Waals surface area contributed by atoms with Crippen LogP contribution in [0, 0.1) is 13.8 Å². The molecule has 2 aliphatic heterocycles.